The summed E-state index contributed by atoms with van der Waals surface area (Å²) in [6.07, 6.45) is -3.69. The number of nitrogens with zero attached hydrogens (tertiary/aromatic N) is 1. The number of benzene rings is 1. The summed E-state index contributed by atoms with van der Waals surface area (Å²) in [4.78, 5) is 14.0. The van der Waals surface area contributed by atoms with Gasteiger partial charge in [-0.25, -0.2) is 13.6 Å². The van der Waals surface area contributed by atoms with Crippen LogP contribution in [-0.2, 0) is 11.3 Å². The van der Waals surface area contributed by atoms with Gasteiger partial charge in [-0.1, -0.05) is 30.3 Å². The van der Waals surface area contributed by atoms with Gasteiger partial charge in [0.05, 0.1) is 5.54 Å². The summed E-state index contributed by atoms with van der Waals surface area (Å²) in [5, 5.41) is 13.5. The number of hydrogen-bond acceptors (Lipinski definition) is 4. The lowest BCUT2D eigenvalue weighted by Crippen LogP contribution is -2.62. The number of aliphatic hydroxyl groups is 1. The van der Waals surface area contributed by atoms with Crippen molar-refractivity contribution in [3.63, 3.8) is 0 Å². The molecule has 152 valence electrons. The van der Waals surface area contributed by atoms with Gasteiger partial charge in [-0.05, 0) is 45.6 Å². The highest BCUT2D eigenvalue weighted by Crippen LogP contribution is 2.29. The molecule has 0 saturated carbocycles. The van der Waals surface area contributed by atoms with E-state index in [4.69, 9.17) is 4.74 Å². The van der Waals surface area contributed by atoms with Crippen LogP contribution in [0.2, 0.25) is 0 Å². The molecule has 2 unspecified atom stereocenters. The third kappa shape index (κ3) is 6.14. The van der Waals surface area contributed by atoms with Crippen molar-refractivity contribution in [1.82, 2.24) is 10.2 Å². The minimum absolute atomic E-state index is 0.0275. The van der Waals surface area contributed by atoms with E-state index in [-0.39, 0.29) is 6.54 Å². The Labute approximate surface area is 159 Å². The molecule has 7 heteroatoms. The predicted molar refractivity (Wildman–Crippen MR) is 99.7 cm³/mol. The second kappa shape index (κ2) is 8.97. The summed E-state index contributed by atoms with van der Waals surface area (Å²) in [5.41, 5.74) is -1.05. The van der Waals surface area contributed by atoms with E-state index in [9.17, 15) is 18.7 Å². The van der Waals surface area contributed by atoms with Crippen molar-refractivity contribution in [1.29, 1.82) is 0 Å². The van der Waals surface area contributed by atoms with Crippen molar-refractivity contribution >= 4 is 6.09 Å². The van der Waals surface area contributed by atoms with E-state index in [1.807, 2.05) is 30.3 Å². The Balaban J connectivity index is 2.22. The molecule has 1 aliphatic heterocycles. The van der Waals surface area contributed by atoms with Crippen molar-refractivity contribution in [3.8, 4) is 0 Å². The Morgan fingerprint density at radius 3 is 2.56 bits per heavy atom. The SMILES string of the molecule is CC(C)(C)OC(=O)N1CCCCC(NCc2ccccc2)(C(O)C(F)F)C1. The van der Waals surface area contributed by atoms with Crippen molar-refractivity contribution in [2.45, 2.75) is 70.2 Å². The van der Waals surface area contributed by atoms with Crippen LogP contribution in [0.5, 0.6) is 0 Å². The molecule has 2 atom stereocenters. The Kier molecular flexibility index (Phi) is 7.17. The average molecular weight is 384 g/mol. The maximum atomic E-state index is 13.5. The summed E-state index contributed by atoms with van der Waals surface area (Å²) in [7, 11) is 0. The zero-order valence-corrected chi connectivity index (χ0v) is 16.3. The number of carbonyl (C=O) groups is 1. The molecule has 1 aromatic rings. The van der Waals surface area contributed by atoms with Crippen molar-refractivity contribution in [3.05, 3.63) is 35.9 Å². The maximum absolute atomic E-state index is 13.5. The molecule has 1 fully saturated rings. The van der Waals surface area contributed by atoms with Crippen LogP contribution in [-0.4, -0.2) is 52.9 Å². The van der Waals surface area contributed by atoms with E-state index in [1.165, 1.54) is 4.90 Å². The van der Waals surface area contributed by atoms with Gasteiger partial charge < -0.3 is 20.1 Å². The largest absolute Gasteiger partial charge is 0.444 e. The first-order chi connectivity index (χ1) is 12.6. The zero-order chi connectivity index (χ0) is 20.1. The third-order valence-electron chi connectivity index (χ3n) is 4.72. The highest BCUT2D eigenvalue weighted by molar-refractivity contribution is 5.68. The van der Waals surface area contributed by atoms with Gasteiger partial charge in [0.1, 0.15) is 11.7 Å². The maximum Gasteiger partial charge on any atom is 0.410 e. The van der Waals surface area contributed by atoms with Crippen LogP contribution in [0.3, 0.4) is 0 Å². The average Bonchev–Trinajstić information content (AvgIpc) is 2.82. The third-order valence-corrected chi connectivity index (χ3v) is 4.72. The standard InChI is InChI=1S/C20H30F2N2O3/c1-19(2,3)27-18(26)24-12-8-7-11-20(14-24,16(25)17(21)22)23-13-15-9-5-4-6-10-15/h4-6,9-10,16-17,23,25H,7-8,11-14H2,1-3H3. The van der Waals surface area contributed by atoms with Gasteiger partial charge in [-0.15, -0.1) is 0 Å². The lowest BCUT2D eigenvalue weighted by atomic mass is 9.86. The number of ether oxygens (including phenoxy) is 1. The highest BCUT2D eigenvalue weighted by atomic mass is 19.3. The number of carbonyl (C=O) groups excluding carboxylic acids is 1. The smallest absolute Gasteiger partial charge is 0.410 e. The molecule has 5 nitrogen and oxygen atoms in total. The van der Waals surface area contributed by atoms with Crippen molar-refractivity contribution in [2.75, 3.05) is 13.1 Å². The Hall–Kier alpha value is -1.73. The molecule has 0 radical (unpaired) electrons. The highest BCUT2D eigenvalue weighted by Gasteiger charge is 2.46. The minimum Gasteiger partial charge on any atom is -0.444 e. The van der Waals surface area contributed by atoms with Gasteiger partial charge in [0.2, 0.25) is 0 Å². The van der Waals surface area contributed by atoms with Gasteiger partial charge in [-0.2, -0.15) is 0 Å². The number of rotatable bonds is 5. The van der Waals surface area contributed by atoms with Crippen LogP contribution < -0.4 is 5.32 Å². The topological polar surface area (TPSA) is 61.8 Å². The van der Waals surface area contributed by atoms with Crippen molar-refractivity contribution < 1.29 is 23.4 Å². The van der Waals surface area contributed by atoms with Gasteiger partial charge in [0.15, 0.2) is 0 Å². The van der Waals surface area contributed by atoms with E-state index in [0.717, 1.165) is 5.56 Å². The monoisotopic (exact) mass is 384 g/mol. The van der Waals surface area contributed by atoms with E-state index in [0.29, 0.717) is 32.4 Å². The summed E-state index contributed by atoms with van der Waals surface area (Å²) in [6.45, 7) is 6.00. The minimum atomic E-state index is -2.91. The normalized spacial score (nSPS) is 22.4. The molecule has 1 aliphatic rings. The van der Waals surface area contributed by atoms with Crippen LogP contribution >= 0.6 is 0 Å². The second-order valence-corrected chi connectivity index (χ2v) is 8.13. The van der Waals surface area contributed by atoms with E-state index in [2.05, 4.69) is 5.32 Å². The van der Waals surface area contributed by atoms with Crippen LogP contribution in [0.15, 0.2) is 30.3 Å². The number of hydrogen-bond donors (Lipinski definition) is 2. The summed E-state index contributed by atoms with van der Waals surface area (Å²) >= 11 is 0. The molecule has 0 spiro atoms. The first-order valence-electron chi connectivity index (χ1n) is 9.36. The van der Waals surface area contributed by atoms with Crippen LogP contribution in [0.25, 0.3) is 0 Å². The van der Waals surface area contributed by atoms with Gasteiger partial charge in [0.25, 0.3) is 6.43 Å². The molecule has 1 saturated heterocycles. The number of nitrogens with one attached hydrogen (secondary N) is 1. The fraction of sp³-hybridized carbons (Fsp3) is 0.650. The van der Waals surface area contributed by atoms with Gasteiger partial charge in [0, 0.05) is 19.6 Å². The molecular formula is C20H30F2N2O3. The quantitative estimate of drug-likeness (QED) is 0.815. The summed E-state index contributed by atoms with van der Waals surface area (Å²) < 4.78 is 32.4. The number of amides is 1. The second-order valence-electron chi connectivity index (χ2n) is 8.13. The van der Waals surface area contributed by atoms with E-state index >= 15 is 0 Å². The number of halogens is 2. The lowest BCUT2D eigenvalue weighted by Gasteiger charge is -2.41. The molecule has 0 aromatic heterocycles. The molecule has 1 amide bonds. The molecule has 2 N–H and O–H groups in total. The number of likely N-dealkylation sites (tertiary alicyclic amines) is 1. The van der Waals surface area contributed by atoms with E-state index in [1.54, 1.807) is 20.8 Å². The molecule has 27 heavy (non-hydrogen) atoms. The Bertz CT molecular complexity index is 607. The van der Waals surface area contributed by atoms with Crippen molar-refractivity contribution in [2.24, 2.45) is 0 Å². The Morgan fingerprint density at radius 1 is 1.30 bits per heavy atom. The van der Waals surface area contributed by atoms with Crippen LogP contribution in [0.1, 0.15) is 45.6 Å². The first kappa shape index (κ1) is 21.6. The van der Waals surface area contributed by atoms with Gasteiger partial charge in [-0.3, -0.25) is 0 Å². The van der Waals surface area contributed by atoms with Crippen LogP contribution in [0, 0.1) is 0 Å². The summed E-state index contributed by atoms with van der Waals surface area (Å²) in [5.74, 6) is 0. The molecule has 1 heterocycles. The zero-order valence-electron chi connectivity index (χ0n) is 16.3. The predicted octanol–water partition coefficient (Wildman–Crippen LogP) is 3.56. The van der Waals surface area contributed by atoms with Crippen LogP contribution in [0.4, 0.5) is 13.6 Å². The molecule has 2 rings (SSSR count). The summed E-state index contributed by atoms with van der Waals surface area (Å²) in [6, 6.07) is 9.39. The lowest BCUT2D eigenvalue weighted by molar-refractivity contribution is -0.0719. The van der Waals surface area contributed by atoms with E-state index < -0.39 is 29.8 Å². The molecular weight excluding hydrogens is 354 g/mol. The first-order valence-corrected chi connectivity index (χ1v) is 9.36. The van der Waals surface area contributed by atoms with Gasteiger partial charge >= 0.3 is 6.09 Å². The fourth-order valence-corrected chi connectivity index (χ4v) is 3.33. The molecule has 0 aliphatic carbocycles. The number of aliphatic hydroxyl groups excluding tert-OH is 1. The fourth-order valence-electron chi connectivity index (χ4n) is 3.33. The number of alkyl halides is 2. The molecule has 1 aromatic carbocycles. The molecule has 0 bridgehead atoms. The Morgan fingerprint density at radius 2 is 1.96 bits per heavy atom.